The van der Waals surface area contributed by atoms with Crippen molar-refractivity contribution in [2.45, 2.75) is 59.8 Å². The Labute approximate surface area is 168 Å². The van der Waals surface area contributed by atoms with Crippen molar-refractivity contribution in [2.24, 2.45) is 5.92 Å². The van der Waals surface area contributed by atoms with Crippen LogP contribution in [0.2, 0.25) is 0 Å². The Morgan fingerprint density at radius 1 is 0.821 bits per heavy atom. The minimum atomic E-state index is -0.0256. The van der Waals surface area contributed by atoms with E-state index in [9.17, 15) is 9.59 Å². The van der Waals surface area contributed by atoms with Crippen LogP contribution in [0.15, 0.2) is 48.0 Å². The molecule has 2 heteroatoms. The summed E-state index contributed by atoms with van der Waals surface area (Å²) in [4.78, 5) is 26.1. The van der Waals surface area contributed by atoms with Crippen molar-refractivity contribution in [2.75, 3.05) is 0 Å². The Morgan fingerprint density at radius 3 is 1.86 bits per heavy atom. The fourth-order valence-electron chi connectivity index (χ4n) is 3.80. The van der Waals surface area contributed by atoms with Gasteiger partial charge in [0.25, 0.3) is 0 Å². The smallest absolute Gasteiger partial charge is 0.194 e. The highest BCUT2D eigenvalue weighted by Gasteiger charge is 2.29. The Kier molecular flexibility index (Phi) is 6.28. The largest absolute Gasteiger partial charge is 0.289 e. The quantitative estimate of drug-likeness (QED) is 0.452. The lowest BCUT2D eigenvalue weighted by Crippen LogP contribution is -2.21. The SMILES string of the molecule is CC(C)=CCCc1ccc2c(c1)C(=O)c1ccc(CCCC(C)C)cc1C2=O. The molecule has 0 heterocycles. The van der Waals surface area contributed by atoms with Crippen LogP contribution in [0.25, 0.3) is 0 Å². The van der Waals surface area contributed by atoms with E-state index >= 15 is 0 Å². The zero-order valence-corrected chi connectivity index (χ0v) is 17.5. The van der Waals surface area contributed by atoms with Gasteiger partial charge in [0, 0.05) is 22.3 Å². The lowest BCUT2D eigenvalue weighted by Gasteiger charge is -2.19. The van der Waals surface area contributed by atoms with E-state index in [0.717, 1.165) is 36.8 Å². The van der Waals surface area contributed by atoms with E-state index in [2.05, 4.69) is 33.8 Å². The van der Waals surface area contributed by atoms with E-state index in [1.807, 2.05) is 36.4 Å². The molecule has 2 aromatic rings. The molecule has 0 saturated heterocycles. The van der Waals surface area contributed by atoms with Crippen molar-refractivity contribution in [1.29, 1.82) is 0 Å². The second-order valence-electron chi connectivity index (χ2n) is 8.52. The van der Waals surface area contributed by atoms with Gasteiger partial charge >= 0.3 is 0 Å². The number of carbonyl (C=O) groups is 2. The zero-order valence-electron chi connectivity index (χ0n) is 17.5. The van der Waals surface area contributed by atoms with E-state index in [-0.39, 0.29) is 11.6 Å². The molecule has 0 aromatic heterocycles. The van der Waals surface area contributed by atoms with Gasteiger partial charge in [0.05, 0.1) is 0 Å². The third-order valence-electron chi connectivity index (χ3n) is 5.38. The number of allylic oxidation sites excluding steroid dienone is 2. The fraction of sp³-hybridized carbons (Fsp3) is 0.385. The van der Waals surface area contributed by atoms with Crippen LogP contribution in [0.1, 0.15) is 89.9 Å². The first-order valence-corrected chi connectivity index (χ1v) is 10.4. The highest BCUT2D eigenvalue weighted by Crippen LogP contribution is 2.29. The molecular formula is C26H30O2. The second kappa shape index (κ2) is 8.68. The van der Waals surface area contributed by atoms with Crippen molar-refractivity contribution < 1.29 is 9.59 Å². The normalized spacial score (nSPS) is 12.8. The molecule has 0 spiro atoms. The van der Waals surface area contributed by atoms with Crippen LogP contribution in [-0.4, -0.2) is 11.6 Å². The Morgan fingerprint density at radius 2 is 1.36 bits per heavy atom. The van der Waals surface area contributed by atoms with Crippen LogP contribution in [0.3, 0.4) is 0 Å². The van der Waals surface area contributed by atoms with Crippen molar-refractivity contribution >= 4 is 11.6 Å². The van der Waals surface area contributed by atoms with Crippen molar-refractivity contribution in [1.82, 2.24) is 0 Å². The highest BCUT2D eigenvalue weighted by molar-refractivity contribution is 6.28. The summed E-state index contributed by atoms with van der Waals surface area (Å²) in [6.45, 7) is 8.62. The third-order valence-corrected chi connectivity index (χ3v) is 5.38. The van der Waals surface area contributed by atoms with Crippen molar-refractivity contribution in [3.05, 3.63) is 81.4 Å². The number of rotatable bonds is 7. The van der Waals surface area contributed by atoms with Crippen LogP contribution in [0.5, 0.6) is 0 Å². The molecule has 3 rings (SSSR count). The molecule has 1 aliphatic rings. The van der Waals surface area contributed by atoms with Gasteiger partial charge in [-0.15, -0.1) is 0 Å². The maximum absolute atomic E-state index is 13.0. The Balaban J connectivity index is 1.84. The zero-order chi connectivity index (χ0) is 20.3. The monoisotopic (exact) mass is 374 g/mol. The summed E-state index contributed by atoms with van der Waals surface area (Å²) in [6, 6.07) is 11.5. The average molecular weight is 375 g/mol. The summed E-state index contributed by atoms with van der Waals surface area (Å²) in [5.74, 6) is 0.632. The number of hydrogen-bond donors (Lipinski definition) is 0. The van der Waals surface area contributed by atoms with E-state index in [1.165, 1.54) is 12.0 Å². The number of ketones is 2. The number of benzene rings is 2. The van der Waals surface area contributed by atoms with Gasteiger partial charge < -0.3 is 0 Å². The fourth-order valence-corrected chi connectivity index (χ4v) is 3.80. The molecule has 0 aliphatic heterocycles. The third kappa shape index (κ3) is 4.49. The van der Waals surface area contributed by atoms with Crippen molar-refractivity contribution in [3.63, 3.8) is 0 Å². The molecule has 0 bridgehead atoms. The molecule has 28 heavy (non-hydrogen) atoms. The second-order valence-corrected chi connectivity index (χ2v) is 8.52. The van der Waals surface area contributed by atoms with E-state index < -0.39 is 0 Å². The van der Waals surface area contributed by atoms with Crippen LogP contribution >= 0.6 is 0 Å². The molecule has 0 radical (unpaired) electrons. The lowest BCUT2D eigenvalue weighted by atomic mass is 9.82. The van der Waals surface area contributed by atoms with Gasteiger partial charge in [-0.2, -0.15) is 0 Å². The topological polar surface area (TPSA) is 34.1 Å². The maximum atomic E-state index is 13.0. The number of fused-ring (bicyclic) bond motifs is 2. The van der Waals surface area contributed by atoms with Crippen molar-refractivity contribution in [3.8, 4) is 0 Å². The van der Waals surface area contributed by atoms with Gasteiger partial charge in [0.2, 0.25) is 0 Å². The number of aryl methyl sites for hydroxylation is 2. The lowest BCUT2D eigenvalue weighted by molar-refractivity contribution is 0.0979. The summed E-state index contributed by atoms with van der Waals surface area (Å²) >= 11 is 0. The molecule has 0 atom stereocenters. The van der Waals surface area contributed by atoms with Crippen LogP contribution in [0, 0.1) is 5.92 Å². The number of hydrogen-bond acceptors (Lipinski definition) is 2. The maximum Gasteiger partial charge on any atom is 0.194 e. The molecule has 1 aliphatic carbocycles. The highest BCUT2D eigenvalue weighted by atomic mass is 16.1. The molecule has 0 N–H and O–H groups in total. The summed E-state index contributed by atoms with van der Waals surface area (Å²) in [7, 11) is 0. The van der Waals surface area contributed by atoms with E-state index in [4.69, 9.17) is 0 Å². The molecule has 0 saturated carbocycles. The van der Waals surface area contributed by atoms with E-state index in [1.54, 1.807) is 0 Å². The van der Waals surface area contributed by atoms with Gasteiger partial charge in [-0.1, -0.05) is 56.2 Å². The first-order valence-electron chi connectivity index (χ1n) is 10.4. The first kappa shape index (κ1) is 20.3. The predicted molar refractivity (Wildman–Crippen MR) is 115 cm³/mol. The average Bonchev–Trinajstić information content (AvgIpc) is 2.65. The molecule has 146 valence electrons. The van der Waals surface area contributed by atoms with E-state index in [0.29, 0.717) is 28.2 Å². The predicted octanol–water partition coefficient (Wildman–Crippen LogP) is 6.34. The minimum absolute atomic E-state index is 0.0221. The Bertz CT molecular complexity index is 927. The summed E-state index contributed by atoms with van der Waals surface area (Å²) in [5, 5.41) is 0. The molecule has 2 nitrogen and oxygen atoms in total. The first-order chi connectivity index (χ1) is 13.4. The standard InChI is InChI=1S/C26H30O2/c1-17(2)7-5-9-19-11-13-21-23(15-19)25(27)22-14-12-20(10-6-8-18(3)4)16-24(22)26(21)28/h7,11-16,18H,5-6,8-10H2,1-4H3. The summed E-state index contributed by atoms with van der Waals surface area (Å²) in [5.41, 5.74) is 5.75. The summed E-state index contributed by atoms with van der Waals surface area (Å²) < 4.78 is 0. The van der Waals surface area contributed by atoms with Gasteiger partial charge in [0.1, 0.15) is 0 Å². The molecule has 2 aromatic carbocycles. The van der Waals surface area contributed by atoms with Gasteiger partial charge in [-0.25, -0.2) is 0 Å². The minimum Gasteiger partial charge on any atom is -0.289 e. The van der Waals surface area contributed by atoms with Gasteiger partial charge in [-0.05, 0) is 68.7 Å². The number of carbonyl (C=O) groups excluding carboxylic acids is 2. The van der Waals surface area contributed by atoms with Gasteiger partial charge in [0.15, 0.2) is 11.6 Å². The van der Waals surface area contributed by atoms with Crippen LogP contribution in [0.4, 0.5) is 0 Å². The molecule has 0 fully saturated rings. The molecular weight excluding hydrogens is 344 g/mol. The Hall–Kier alpha value is -2.48. The van der Waals surface area contributed by atoms with Crippen LogP contribution < -0.4 is 0 Å². The summed E-state index contributed by atoms with van der Waals surface area (Å²) in [6.07, 6.45) is 7.24. The molecule has 0 unspecified atom stereocenters. The molecule has 0 amide bonds. The van der Waals surface area contributed by atoms with Crippen LogP contribution in [-0.2, 0) is 12.8 Å². The van der Waals surface area contributed by atoms with Gasteiger partial charge in [-0.3, -0.25) is 9.59 Å².